The van der Waals surface area contributed by atoms with Gasteiger partial charge in [0.05, 0.1) is 5.92 Å². The maximum Gasteiger partial charge on any atom is 0.224 e. The molecule has 1 aliphatic heterocycles. The highest BCUT2D eigenvalue weighted by Crippen LogP contribution is 2.41. The molecule has 4 heteroatoms. The van der Waals surface area contributed by atoms with Crippen molar-refractivity contribution in [1.82, 2.24) is 15.1 Å². The van der Waals surface area contributed by atoms with Gasteiger partial charge in [-0.2, -0.15) is 0 Å². The van der Waals surface area contributed by atoms with Crippen molar-refractivity contribution in [2.45, 2.75) is 63.8 Å². The first-order valence-corrected chi connectivity index (χ1v) is 11.0. The van der Waals surface area contributed by atoms with E-state index in [0.29, 0.717) is 6.04 Å². The normalized spacial score (nSPS) is 25.6. The number of hydrogen-bond acceptors (Lipinski definition) is 3. The lowest BCUT2D eigenvalue weighted by Gasteiger charge is -2.31. The van der Waals surface area contributed by atoms with Crippen LogP contribution in [0, 0.1) is 19.8 Å². The fraction of sp³-hybridized carbons (Fsp3) is 0.708. The Balaban J connectivity index is 1.67. The fourth-order valence-corrected chi connectivity index (χ4v) is 5.32. The summed E-state index contributed by atoms with van der Waals surface area (Å²) in [5, 5.41) is 3.39. The van der Waals surface area contributed by atoms with Gasteiger partial charge in [0.15, 0.2) is 0 Å². The second-order valence-corrected chi connectivity index (χ2v) is 9.69. The smallest absolute Gasteiger partial charge is 0.224 e. The van der Waals surface area contributed by atoms with E-state index in [-0.39, 0.29) is 17.2 Å². The van der Waals surface area contributed by atoms with E-state index in [2.05, 4.69) is 68.3 Å². The minimum absolute atomic E-state index is 0.104. The molecular formula is C24H39N3O. The van der Waals surface area contributed by atoms with Crippen molar-refractivity contribution in [2.75, 3.05) is 40.8 Å². The van der Waals surface area contributed by atoms with E-state index >= 15 is 0 Å². The van der Waals surface area contributed by atoms with Gasteiger partial charge < -0.3 is 15.1 Å². The summed E-state index contributed by atoms with van der Waals surface area (Å²) in [7, 11) is 6.44. The minimum atomic E-state index is 0.104. The number of carbonyl (C=O) groups is 1. The van der Waals surface area contributed by atoms with Gasteiger partial charge in [0.2, 0.25) is 5.91 Å². The molecule has 156 valence electrons. The minimum Gasteiger partial charge on any atom is -0.355 e. The zero-order valence-corrected chi connectivity index (χ0v) is 18.6. The third kappa shape index (κ3) is 4.96. The summed E-state index contributed by atoms with van der Waals surface area (Å²) < 4.78 is 0. The summed E-state index contributed by atoms with van der Waals surface area (Å²) in [5.74, 6) is 0.356. The van der Waals surface area contributed by atoms with Crippen molar-refractivity contribution >= 4 is 5.91 Å². The third-order valence-corrected chi connectivity index (χ3v) is 7.00. The molecule has 0 spiro atoms. The Bertz CT molecular complexity index is 658. The van der Waals surface area contributed by atoms with Crippen LogP contribution in [0.2, 0.25) is 0 Å². The van der Waals surface area contributed by atoms with E-state index in [1.165, 1.54) is 42.4 Å². The molecule has 4 nitrogen and oxygen atoms in total. The van der Waals surface area contributed by atoms with Gasteiger partial charge in [0.25, 0.3) is 0 Å². The average molecular weight is 386 g/mol. The van der Waals surface area contributed by atoms with E-state index in [0.717, 1.165) is 32.5 Å². The molecule has 1 N–H and O–H groups in total. The highest BCUT2D eigenvalue weighted by Gasteiger charge is 2.37. The molecule has 2 atom stereocenters. The van der Waals surface area contributed by atoms with Crippen LogP contribution in [0.1, 0.15) is 55.2 Å². The summed E-state index contributed by atoms with van der Waals surface area (Å²) in [6.07, 6.45) is 6.97. The number of rotatable bonds is 5. The molecule has 3 rings (SSSR count). The first-order valence-electron chi connectivity index (χ1n) is 11.0. The molecule has 28 heavy (non-hydrogen) atoms. The molecule has 0 bridgehead atoms. The quantitative estimate of drug-likeness (QED) is 0.843. The molecule has 2 fully saturated rings. The van der Waals surface area contributed by atoms with Crippen molar-refractivity contribution in [3.8, 4) is 0 Å². The second-order valence-electron chi connectivity index (χ2n) is 9.69. The Hall–Kier alpha value is -1.39. The molecule has 1 aromatic rings. The van der Waals surface area contributed by atoms with Crippen molar-refractivity contribution < 1.29 is 4.79 Å². The molecule has 0 unspecified atom stereocenters. The van der Waals surface area contributed by atoms with Crippen LogP contribution in [0.5, 0.6) is 0 Å². The molecule has 1 aliphatic carbocycles. The Morgan fingerprint density at radius 2 is 1.75 bits per heavy atom. The third-order valence-electron chi connectivity index (χ3n) is 7.00. The highest BCUT2D eigenvalue weighted by molar-refractivity contribution is 5.79. The van der Waals surface area contributed by atoms with Crippen molar-refractivity contribution in [3.63, 3.8) is 0 Å². The van der Waals surface area contributed by atoms with E-state index in [4.69, 9.17) is 0 Å². The Morgan fingerprint density at radius 1 is 1.11 bits per heavy atom. The highest BCUT2D eigenvalue weighted by atomic mass is 16.1. The number of benzene rings is 1. The lowest BCUT2D eigenvalue weighted by Crippen LogP contribution is -2.43. The van der Waals surface area contributed by atoms with Gasteiger partial charge in [-0.1, -0.05) is 42.2 Å². The van der Waals surface area contributed by atoms with E-state index in [9.17, 15) is 4.79 Å². The summed E-state index contributed by atoms with van der Waals surface area (Å²) in [5.41, 5.74) is 4.20. The number of carbonyl (C=O) groups excluding carboxylic acids is 1. The van der Waals surface area contributed by atoms with Crippen molar-refractivity contribution in [2.24, 2.45) is 5.92 Å². The molecule has 1 saturated carbocycles. The summed E-state index contributed by atoms with van der Waals surface area (Å²) >= 11 is 0. The lowest BCUT2D eigenvalue weighted by molar-refractivity contribution is -0.125. The van der Waals surface area contributed by atoms with Crippen LogP contribution < -0.4 is 5.32 Å². The maximum absolute atomic E-state index is 13.1. The molecule has 1 heterocycles. The van der Waals surface area contributed by atoms with Gasteiger partial charge >= 0.3 is 0 Å². The van der Waals surface area contributed by atoms with Crippen LogP contribution in [0.3, 0.4) is 0 Å². The molecular weight excluding hydrogens is 346 g/mol. The standard InChI is InChI=1S/C24H39N3O/c1-18-12-19(2)14-21(13-18)24(10-6-7-11-24)17-25-23(28)20-8-9-22(26(3)4)16-27(5)15-20/h12-14,20,22H,6-11,15-17H2,1-5H3,(H,25,28)/t20-,22+/m1/s1. The van der Waals surface area contributed by atoms with Crippen LogP contribution >= 0.6 is 0 Å². The fourth-order valence-electron chi connectivity index (χ4n) is 5.32. The zero-order valence-electron chi connectivity index (χ0n) is 18.6. The predicted octanol–water partition coefficient (Wildman–Crippen LogP) is 3.50. The van der Waals surface area contributed by atoms with Gasteiger partial charge in [0, 0.05) is 31.1 Å². The zero-order chi connectivity index (χ0) is 20.3. The van der Waals surface area contributed by atoms with Crippen LogP contribution in [-0.4, -0.2) is 62.5 Å². The SMILES string of the molecule is Cc1cc(C)cc(C2(CNC(=O)[C@@H]3CC[C@H](N(C)C)CN(C)C3)CCCC2)c1. The Labute approximate surface area is 171 Å². The maximum atomic E-state index is 13.1. The monoisotopic (exact) mass is 385 g/mol. The molecule has 0 radical (unpaired) electrons. The number of nitrogens with zero attached hydrogens (tertiary/aromatic N) is 2. The van der Waals surface area contributed by atoms with Gasteiger partial charge in [-0.15, -0.1) is 0 Å². The summed E-state index contributed by atoms with van der Waals surface area (Å²) in [6.45, 7) is 7.06. The Morgan fingerprint density at radius 3 is 2.36 bits per heavy atom. The molecule has 1 amide bonds. The van der Waals surface area contributed by atoms with Crippen LogP contribution in [-0.2, 0) is 10.2 Å². The first kappa shape index (κ1) is 21.3. The molecule has 1 saturated heterocycles. The summed E-state index contributed by atoms with van der Waals surface area (Å²) in [4.78, 5) is 17.7. The summed E-state index contributed by atoms with van der Waals surface area (Å²) in [6, 6.07) is 7.46. The molecule has 2 aliphatic rings. The topological polar surface area (TPSA) is 35.6 Å². The van der Waals surface area contributed by atoms with Crippen LogP contribution in [0.15, 0.2) is 18.2 Å². The largest absolute Gasteiger partial charge is 0.355 e. The van der Waals surface area contributed by atoms with Gasteiger partial charge in [-0.05, 0) is 66.2 Å². The molecule has 1 aromatic carbocycles. The van der Waals surface area contributed by atoms with Crippen molar-refractivity contribution in [1.29, 1.82) is 0 Å². The van der Waals surface area contributed by atoms with E-state index < -0.39 is 0 Å². The number of likely N-dealkylation sites (tertiary alicyclic amines) is 1. The van der Waals surface area contributed by atoms with Crippen molar-refractivity contribution in [3.05, 3.63) is 34.9 Å². The van der Waals surface area contributed by atoms with Gasteiger partial charge in [-0.25, -0.2) is 0 Å². The number of hydrogen-bond donors (Lipinski definition) is 1. The Kier molecular flexibility index (Phi) is 6.82. The van der Waals surface area contributed by atoms with Gasteiger partial charge in [0.1, 0.15) is 0 Å². The number of nitrogens with one attached hydrogen (secondary N) is 1. The number of likely N-dealkylation sites (N-methyl/N-ethyl adjacent to an activating group) is 2. The van der Waals surface area contributed by atoms with E-state index in [1.54, 1.807) is 0 Å². The average Bonchev–Trinajstić information content (AvgIpc) is 3.02. The number of amides is 1. The lowest BCUT2D eigenvalue weighted by atomic mass is 9.77. The van der Waals surface area contributed by atoms with Crippen LogP contribution in [0.4, 0.5) is 0 Å². The van der Waals surface area contributed by atoms with E-state index in [1.807, 2.05) is 0 Å². The first-order chi connectivity index (χ1) is 13.3. The molecule has 0 aromatic heterocycles. The van der Waals surface area contributed by atoms with Crippen LogP contribution in [0.25, 0.3) is 0 Å². The second kappa shape index (κ2) is 8.96. The van der Waals surface area contributed by atoms with Gasteiger partial charge in [-0.3, -0.25) is 4.79 Å². The number of aryl methyl sites for hydroxylation is 2. The predicted molar refractivity (Wildman–Crippen MR) is 117 cm³/mol.